The van der Waals surface area contributed by atoms with E-state index >= 15 is 0 Å². The molecule has 0 amide bonds. The quantitative estimate of drug-likeness (QED) is 0.558. The van der Waals surface area contributed by atoms with Crippen LogP contribution in [0.5, 0.6) is 0 Å². The molecule has 11 heavy (non-hydrogen) atoms. The van der Waals surface area contributed by atoms with Gasteiger partial charge in [-0.15, -0.1) is 0 Å². The van der Waals surface area contributed by atoms with Gasteiger partial charge >= 0.3 is 5.97 Å². The molecule has 1 unspecified atom stereocenters. The van der Waals surface area contributed by atoms with Gasteiger partial charge in [-0.25, -0.2) is 0 Å². The lowest BCUT2D eigenvalue weighted by Gasteiger charge is -2.08. The number of allylic oxidation sites excluding steroid dienone is 1. The number of halogens is 1. The Kier molecular flexibility index (Phi) is 2.29. The maximum atomic E-state index is 10.7. The highest BCUT2D eigenvalue weighted by molar-refractivity contribution is 6.33. The van der Waals surface area contributed by atoms with Crippen molar-refractivity contribution in [3.8, 4) is 0 Å². The molecule has 3 nitrogen and oxygen atoms in total. The molecule has 0 saturated heterocycles. The number of carbonyl (C=O) groups is 2. The number of carbonyl (C=O) groups excluding carboxylic acids is 2. The molecule has 1 aliphatic rings. The van der Waals surface area contributed by atoms with Gasteiger partial charge in [0.1, 0.15) is 6.10 Å². The molecule has 1 rings (SSSR count). The predicted molar refractivity (Wildman–Crippen MR) is 39.1 cm³/mol. The van der Waals surface area contributed by atoms with Gasteiger partial charge in [-0.1, -0.05) is 11.6 Å². The summed E-state index contributed by atoms with van der Waals surface area (Å²) in [5.74, 6) is -0.516. The second-order valence-corrected chi connectivity index (χ2v) is 2.73. The van der Waals surface area contributed by atoms with Crippen molar-refractivity contribution in [1.82, 2.24) is 0 Å². The summed E-state index contributed by atoms with van der Waals surface area (Å²) in [4.78, 5) is 21.1. The molecule has 0 saturated carbocycles. The molecule has 0 aliphatic heterocycles. The molecule has 60 valence electrons. The van der Waals surface area contributed by atoms with Crippen LogP contribution in [0, 0.1) is 0 Å². The van der Waals surface area contributed by atoms with Crippen LogP contribution in [0.1, 0.15) is 13.3 Å². The minimum absolute atomic E-state index is 0.0961. The summed E-state index contributed by atoms with van der Waals surface area (Å²) in [5, 5.41) is 0.310. The zero-order valence-corrected chi connectivity index (χ0v) is 6.72. The van der Waals surface area contributed by atoms with Crippen molar-refractivity contribution in [2.75, 3.05) is 0 Å². The van der Waals surface area contributed by atoms with Gasteiger partial charge in [0.25, 0.3) is 0 Å². The van der Waals surface area contributed by atoms with Crippen LogP contribution in [0.2, 0.25) is 0 Å². The first-order valence-corrected chi connectivity index (χ1v) is 3.54. The number of hydrogen-bond acceptors (Lipinski definition) is 3. The maximum absolute atomic E-state index is 10.7. The van der Waals surface area contributed by atoms with Gasteiger partial charge in [0.05, 0.1) is 11.5 Å². The topological polar surface area (TPSA) is 43.4 Å². The van der Waals surface area contributed by atoms with Crippen LogP contribution in [0.4, 0.5) is 0 Å². The second kappa shape index (κ2) is 3.05. The summed E-state index contributed by atoms with van der Waals surface area (Å²) in [7, 11) is 0. The van der Waals surface area contributed by atoms with Gasteiger partial charge < -0.3 is 4.74 Å². The Bertz CT molecular complexity index is 232. The second-order valence-electron chi connectivity index (χ2n) is 2.30. The lowest BCUT2D eigenvalue weighted by molar-refractivity contribution is -0.144. The fraction of sp³-hybridized carbons (Fsp3) is 0.429. The van der Waals surface area contributed by atoms with Gasteiger partial charge in [0.15, 0.2) is 5.78 Å². The highest BCUT2D eigenvalue weighted by atomic mass is 35.5. The Balaban J connectivity index is 2.57. The lowest BCUT2D eigenvalue weighted by Crippen LogP contribution is -2.14. The maximum Gasteiger partial charge on any atom is 0.303 e. The summed E-state index contributed by atoms with van der Waals surface area (Å²) in [5.41, 5.74) is 0. The Morgan fingerprint density at radius 3 is 2.82 bits per heavy atom. The van der Waals surface area contributed by atoms with Crippen molar-refractivity contribution in [2.24, 2.45) is 0 Å². The number of hydrogen-bond donors (Lipinski definition) is 0. The van der Waals surface area contributed by atoms with Crippen molar-refractivity contribution < 1.29 is 14.3 Å². The van der Waals surface area contributed by atoms with Crippen molar-refractivity contribution >= 4 is 23.4 Å². The van der Waals surface area contributed by atoms with Crippen LogP contribution in [-0.2, 0) is 14.3 Å². The molecule has 0 N–H and O–H groups in total. The Hall–Kier alpha value is -0.830. The van der Waals surface area contributed by atoms with E-state index < -0.39 is 12.1 Å². The molecule has 0 aromatic rings. The van der Waals surface area contributed by atoms with Crippen LogP contribution < -0.4 is 0 Å². The SMILES string of the molecule is CC(=O)OC1CC(=O)C=C1Cl. The first-order valence-electron chi connectivity index (χ1n) is 3.16. The zero-order chi connectivity index (χ0) is 8.43. The van der Waals surface area contributed by atoms with Gasteiger partial charge in [-0.3, -0.25) is 9.59 Å². The summed E-state index contributed by atoms with van der Waals surface area (Å²) >= 11 is 5.58. The minimum Gasteiger partial charge on any atom is -0.456 e. The first-order chi connectivity index (χ1) is 5.09. The predicted octanol–water partition coefficient (Wildman–Crippen LogP) is 1.01. The van der Waals surface area contributed by atoms with Crippen molar-refractivity contribution in [1.29, 1.82) is 0 Å². The number of rotatable bonds is 1. The van der Waals surface area contributed by atoms with Gasteiger partial charge in [-0.05, 0) is 6.08 Å². The summed E-state index contributed by atoms with van der Waals surface area (Å²) in [6, 6.07) is 0. The van der Waals surface area contributed by atoms with Gasteiger partial charge in [0.2, 0.25) is 0 Å². The van der Waals surface area contributed by atoms with Crippen LogP contribution >= 0.6 is 11.6 Å². The van der Waals surface area contributed by atoms with Crippen LogP contribution in [-0.4, -0.2) is 17.9 Å². The van der Waals surface area contributed by atoms with E-state index in [1.165, 1.54) is 13.0 Å². The molecule has 4 heteroatoms. The fourth-order valence-electron chi connectivity index (χ4n) is 0.884. The summed E-state index contributed by atoms with van der Waals surface area (Å²) in [6.07, 6.45) is 0.926. The van der Waals surface area contributed by atoms with Crippen molar-refractivity contribution in [2.45, 2.75) is 19.4 Å². The average molecular weight is 175 g/mol. The normalized spacial score (nSPS) is 23.3. The highest BCUT2D eigenvalue weighted by Crippen LogP contribution is 2.22. The Morgan fingerprint density at radius 1 is 1.82 bits per heavy atom. The number of ketones is 1. The molecule has 0 aromatic carbocycles. The van der Waals surface area contributed by atoms with Gasteiger partial charge in [-0.2, -0.15) is 0 Å². The van der Waals surface area contributed by atoms with E-state index in [0.29, 0.717) is 5.03 Å². The fourth-order valence-corrected chi connectivity index (χ4v) is 1.13. The third kappa shape index (κ3) is 2.05. The molecular formula is C7H7ClO3. The van der Waals surface area contributed by atoms with E-state index in [4.69, 9.17) is 16.3 Å². The Morgan fingerprint density at radius 2 is 2.45 bits per heavy atom. The molecule has 1 aliphatic carbocycles. The van der Waals surface area contributed by atoms with Crippen molar-refractivity contribution in [3.63, 3.8) is 0 Å². The third-order valence-corrected chi connectivity index (χ3v) is 1.65. The molecule has 0 fully saturated rings. The standard InChI is InChI=1S/C7H7ClO3/c1-4(9)11-7-3-5(10)2-6(7)8/h2,7H,3H2,1H3. The molecule has 0 radical (unpaired) electrons. The first kappa shape index (κ1) is 8.27. The van der Waals surface area contributed by atoms with Crippen LogP contribution in [0.15, 0.2) is 11.1 Å². The molecule has 0 aromatic heterocycles. The van der Waals surface area contributed by atoms with Crippen LogP contribution in [0.3, 0.4) is 0 Å². The van der Waals surface area contributed by atoms with E-state index in [1.54, 1.807) is 0 Å². The minimum atomic E-state index is -0.540. The smallest absolute Gasteiger partial charge is 0.303 e. The molecular weight excluding hydrogens is 168 g/mol. The average Bonchev–Trinajstić information content (AvgIpc) is 2.09. The summed E-state index contributed by atoms with van der Waals surface area (Å²) < 4.78 is 4.73. The number of esters is 1. The van der Waals surface area contributed by atoms with Gasteiger partial charge in [0, 0.05) is 6.92 Å². The molecule has 0 heterocycles. The van der Waals surface area contributed by atoms with E-state index in [9.17, 15) is 9.59 Å². The van der Waals surface area contributed by atoms with E-state index in [1.807, 2.05) is 0 Å². The molecule has 0 spiro atoms. The largest absolute Gasteiger partial charge is 0.456 e. The molecule has 1 atom stereocenters. The number of ether oxygens (including phenoxy) is 1. The monoisotopic (exact) mass is 174 g/mol. The Labute approximate surface area is 69.0 Å². The highest BCUT2D eigenvalue weighted by Gasteiger charge is 2.25. The van der Waals surface area contributed by atoms with Crippen LogP contribution in [0.25, 0.3) is 0 Å². The summed E-state index contributed by atoms with van der Waals surface area (Å²) in [6.45, 7) is 1.28. The molecule has 0 bridgehead atoms. The lowest BCUT2D eigenvalue weighted by atomic mass is 10.3. The van der Waals surface area contributed by atoms with Crippen molar-refractivity contribution in [3.05, 3.63) is 11.1 Å². The van der Waals surface area contributed by atoms with E-state index in [2.05, 4.69) is 0 Å². The van der Waals surface area contributed by atoms with E-state index in [-0.39, 0.29) is 12.2 Å². The third-order valence-electron chi connectivity index (χ3n) is 1.30. The van der Waals surface area contributed by atoms with E-state index in [0.717, 1.165) is 0 Å². The zero-order valence-electron chi connectivity index (χ0n) is 5.96.